The molecule has 0 bridgehead atoms. The van der Waals surface area contributed by atoms with Gasteiger partial charge in [0.15, 0.2) is 0 Å². The fraction of sp³-hybridized carbons (Fsp3) is 0.0667. The summed E-state index contributed by atoms with van der Waals surface area (Å²) < 4.78 is 0. The molecule has 2 rings (SSSR count). The normalized spacial score (nSPS) is 10.0. The van der Waals surface area contributed by atoms with E-state index in [-0.39, 0.29) is 5.91 Å². The predicted octanol–water partition coefficient (Wildman–Crippen LogP) is 3.71. The van der Waals surface area contributed by atoms with Crippen LogP contribution in [-0.4, -0.2) is 12.2 Å². The van der Waals surface area contributed by atoms with Gasteiger partial charge in [-0.15, -0.1) is 0 Å². The number of nitrogens with one attached hydrogen (secondary N) is 1. The molecule has 0 fully saturated rings. The van der Waals surface area contributed by atoms with Gasteiger partial charge >= 0.3 is 0 Å². The van der Waals surface area contributed by atoms with Crippen LogP contribution in [0, 0.1) is 6.92 Å². The van der Waals surface area contributed by atoms with Gasteiger partial charge in [0, 0.05) is 11.3 Å². The zero-order valence-electron chi connectivity index (χ0n) is 10.3. The SMILES string of the molecule is Cc1cc(NC(=O)c2ccccc2Cl)ccc1C=O. The lowest BCUT2D eigenvalue weighted by atomic mass is 10.1. The molecule has 0 heterocycles. The van der Waals surface area contributed by atoms with Crippen LogP contribution in [0.4, 0.5) is 5.69 Å². The maximum absolute atomic E-state index is 12.0. The Morgan fingerprint density at radius 1 is 1.21 bits per heavy atom. The van der Waals surface area contributed by atoms with Gasteiger partial charge in [-0.3, -0.25) is 9.59 Å². The van der Waals surface area contributed by atoms with Crippen molar-refractivity contribution in [1.82, 2.24) is 0 Å². The number of hydrogen-bond donors (Lipinski definition) is 1. The highest BCUT2D eigenvalue weighted by Gasteiger charge is 2.10. The van der Waals surface area contributed by atoms with Gasteiger partial charge in [0.25, 0.3) is 5.91 Å². The molecule has 19 heavy (non-hydrogen) atoms. The van der Waals surface area contributed by atoms with Crippen molar-refractivity contribution in [1.29, 1.82) is 0 Å². The Labute approximate surface area is 116 Å². The third-order valence-corrected chi connectivity index (χ3v) is 3.10. The fourth-order valence-corrected chi connectivity index (χ4v) is 1.95. The minimum Gasteiger partial charge on any atom is -0.322 e. The molecular formula is C15H12ClNO2. The maximum atomic E-state index is 12.0. The Bertz CT molecular complexity index is 638. The Kier molecular flexibility index (Phi) is 3.97. The monoisotopic (exact) mass is 273 g/mol. The third-order valence-electron chi connectivity index (χ3n) is 2.77. The second-order valence-electron chi connectivity index (χ2n) is 4.12. The smallest absolute Gasteiger partial charge is 0.257 e. The summed E-state index contributed by atoms with van der Waals surface area (Å²) in [5.41, 5.74) is 2.47. The molecule has 0 saturated carbocycles. The number of hydrogen-bond acceptors (Lipinski definition) is 2. The quantitative estimate of drug-likeness (QED) is 0.867. The van der Waals surface area contributed by atoms with Crippen LogP contribution in [0.3, 0.4) is 0 Å². The van der Waals surface area contributed by atoms with E-state index in [9.17, 15) is 9.59 Å². The molecule has 3 nitrogen and oxygen atoms in total. The molecule has 0 spiro atoms. The number of anilines is 1. The molecule has 0 aliphatic heterocycles. The highest BCUT2D eigenvalue weighted by Crippen LogP contribution is 2.18. The van der Waals surface area contributed by atoms with Crippen LogP contribution in [0.2, 0.25) is 5.02 Å². The Morgan fingerprint density at radius 3 is 2.58 bits per heavy atom. The second-order valence-corrected chi connectivity index (χ2v) is 4.53. The molecule has 0 atom stereocenters. The van der Waals surface area contributed by atoms with E-state index in [1.54, 1.807) is 42.5 Å². The number of halogens is 1. The molecule has 0 aromatic heterocycles. The summed E-state index contributed by atoms with van der Waals surface area (Å²) in [6.07, 6.45) is 0.787. The van der Waals surface area contributed by atoms with Crippen LogP contribution >= 0.6 is 11.6 Å². The van der Waals surface area contributed by atoms with Crippen molar-refractivity contribution in [2.45, 2.75) is 6.92 Å². The van der Waals surface area contributed by atoms with E-state index in [4.69, 9.17) is 11.6 Å². The van der Waals surface area contributed by atoms with Crippen molar-refractivity contribution in [3.63, 3.8) is 0 Å². The van der Waals surface area contributed by atoms with Crippen molar-refractivity contribution in [3.05, 3.63) is 64.2 Å². The fourth-order valence-electron chi connectivity index (χ4n) is 1.73. The molecule has 0 aliphatic carbocycles. The lowest BCUT2D eigenvalue weighted by Crippen LogP contribution is -2.12. The average molecular weight is 274 g/mol. The number of aryl methyl sites for hydroxylation is 1. The van der Waals surface area contributed by atoms with Crippen molar-refractivity contribution in [3.8, 4) is 0 Å². The van der Waals surface area contributed by atoms with Gasteiger partial charge in [-0.1, -0.05) is 23.7 Å². The summed E-state index contributed by atoms with van der Waals surface area (Å²) in [4.78, 5) is 22.8. The Morgan fingerprint density at radius 2 is 1.95 bits per heavy atom. The molecule has 2 aromatic rings. The molecule has 1 amide bonds. The van der Waals surface area contributed by atoms with Crippen LogP contribution in [-0.2, 0) is 0 Å². The number of rotatable bonds is 3. The molecule has 0 radical (unpaired) electrons. The zero-order chi connectivity index (χ0) is 13.8. The number of carbonyl (C=O) groups is 2. The summed E-state index contributed by atoms with van der Waals surface area (Å²) in [6.45, 7) is 1.81. The van der Waals surface area contributed by atoms with Gasteiger partial charge < -0.3 is 5.32 Å². The van der Waals surface area contributed by atoms with Gasteiger partial charge in [-0.05, 0) is 42.8 Å². The molecule has 0 saturated heterocycles. The van der Waals surface area contributed by atoms with Crippen LogP contribution in [0.1, 0.15) is 26.3 Å². The molecule has 4 heteroatoms. The summed E-state index contributed by atoms with van der Waals surface area (Å²) in [5.74, 6) is -0.274. The van der Waals surface area contributed by atoms with E-state index in [0.717, 1.165) is 11.8 Å². The van der Waals surface area contributed by atoms with Gasteiger partial charge in [0.2, 0.25) is 0 Å². The largest absolute Gasteiger partial charge is 0.322 e. The molecule has 1 N–H and O–H groups in total. The van der Waals surface area contributed by atoms with Gasteiger partial charge in [0.05, 0.1) is 10.6 Å². The topological polar surface area (TPSA) is 46.2 Å². The van der Waals surface area contributed by atoms with E-state index in [2.05, 4.69) is 5.32 Å². The number of carbonyl (C=O) groups excluding carboxylic acids is 2. The molecule has 96 valence electrons. The lowest BCUT2D eigenvalue weighted by Gasteiger charge is -2.08. The van der Waals surface area contributed by atoms with Gasteiger partial charge in [-0.25, -0.2) is 0 Å². The number of benzene rings is 2. The van der Waals surface area contributed by atoms with E-state index in [1.165, 1.54) is 0 Å². The van der Waals surface area contributed by atoms with Crippen molar-refractivity contribution in [2.24, 2.45) is 0 Å². The van der Waals surface area contributed by atoms with Crippen molar-refractivity contribution < 1.29 is 9.59 Å². The standard InChI is InChI=1S/C15H12ClNO2/c1-10-8-12(7-6-11(10)9-18)17-15(19)13-4-2-3-5-14(13)16/h2-9H,1H3,(H,17,19). The van der Waals surface area contributed by atoms with E-state index in [0.29, 0.717) is 21.8 Å². The summed E-state index contributed by atoms with van der Waals surface area (Å²) >= 11 is 5.96. The molecule has 0 aliphatic rings. The Balaban J connectivity index is 2.22. The third kappa shape index (κ3) is 3.01. The first-order chi connectivity index (χ1) is 9.11. The average Bonchev–Trinajstić information content (AvgIpc) is 2.39. The highest BCUT2D eigenvalue weighted by atomic mass is 35.5. The van der Waals surface area contributed by atoms with Gasteiger partial charge in [-0.2, -0.15) is 0 Å². The zero-order valence-corrected chi connectivity index (χ0v) is 11.1. The predicted molar refractivity (Wildman–Crippen MR) is 76.0 cm³/mol. The molecular weight excluding hydrogens is 262 g/mol. The van der Waals surface area contributed by atoms with Crippen LogP contribution in [0.15, 0.2) is 42.5 Å². The summed E-state index contributed by atoms with van der Waals surface area (Å²) in [5, 5.41) is 3.16. The van der Waals surface area contributed by atoms with Gasteiger partial charge in [0.1, 0.15) is 6.29 Å². The summed E-state index contributed by atoms with van der Waals surface area (Å²) in [6, 6.07) is 11.9. The van der Waals surface area contributed by atoms with Crippen molar-refractivity contribution >= 4 is 29.5 Å². The number of aldehydes is 1. The molecule has 0 unspecified atom stereocenters. The van der Waals surface area contributed by atoms with Crippen molar-refractivity contribution in [2.75, 3.05) is 5.32 Å². The number of amides is 1. The second kappa shape index (κ2) is 5.67. The summed E-state index contributed by atoms with van der Waals surface area (Å²) in [7, 11) is 0. The minimum absolute atomic E-state index is 0.274. The Hall–Kier alpha value is -2.13. The van der Waals surface area contributed by atoms with Crippen LogP contribution in [0.25, 0.3) is 0 Å². The minimum atomic E-state index is -0.274. The first-order valence-electron chi connectivity index (χ1n) is 5.73. The first-order valence-corrected chi connectivity index (χ1v) is 6.11. The van der Waals surface area contributed by atoms with E-state index >= 15 is 0 Å². The maximum Gasteiger partial charge on any atom is 0.257 e. The molecule has 2 aromatic carbocycles. The van der Waals surface area contributed by atoms with Crippen LogP contribution < -0.4 is 5.32 Å². The van der Waals surface area contributed by atoms with Crippen LogP contribution in [0.5, 0.6) is 0 Å². The highest BCUT2D eigenvalue weighted by molar-refractivity contribution is 6.34. The van der Waals surface area contributed by atoms with E-state index < -0.39 is 0 Å². The first kappa shape index (κ1) is 13.3. The van der Waals surface area contributed by atoms with E-state index in [1.807, 2.05) is 6.92 Å². The lowest BCUT2D eigenvalue weighted by molar-refractivity contribution is 0.102.